The smallest absolute Gasteiger partial charge is 0.357 e. The normalized spacial score (nSPS) is 11.3. The Hall–Kier alpha value is -1.09. The summed E-state index contributed by atoms with van der Waals surface area (Å²) in [7, 11) is 0. The molecule has 0 saturated carbocycles. The molecule has 0 aromatic carbocycles. The highest BCUT2D eigenvalue weighted by Crippen LogP contribution is 2.16. The van der Waals surface area contributed by atoms with Crippen LogP contribution in [0.25, 0.3) is 0 Å². The number of esters is 1. The maximum absolute atomic E-state index is 11.8. The molecule has 0 aliphatic carbocycles. The average Bonchev–Trinajstić information content (AvgIpc) is 2.15. The molecule has 0 aliphatic heterocycles. The number of rotatable bonds is 2. The molecule has 88 valence electrons. The van der Waals surface area contributed by atoms with Crippen LogP contribution < -0.4 is 0 Å². The lowest BCUT2D eigenvalue weighted by Crippen LogP contribution is -2.25. The van der Waals surface area contributed by atoms with E-state index < -0.39 is 11.6 Å². The largest absolute Gasteiger partial charge is 0.455 e. The molecule has 0 atom stereocenters. The predicted octanol–water partition coefficient (Wildman–Crippen LogP) is 3.25. The van der Waals surface area contributed by atoms with Crippen molar-refractivity contribution in [3.63, 3.8) is 0 Å². The molecule has 1 aromatic heterocycles. The second-order valence-corrected chi connectivity index (χ2v) is 4.88. The van der Waals surface area contributed by atoms with Gasteiger partial charge in [0.25, 0.3) is 0 Å². The molecule has 0 radical (unpaired) electrons. The van der Waals surface area contributed by atoms with Crippen LogP contribution >= 0.6 is 11.6 Å². The van der Waals surface area contributed by atoms with Crippen molar-refractivity contribution in [2.75, 3.05) is 0 Å². The van der Waals surface area contributed by atoms with Crippen LogP contribution in [0.3, 0.4) is 0 Å². The van der Waals surface area contributed by atoms with Gasteiger partial charge in [0.2, 0.25) is 0 Å². The number of halogens is 1. The highest BCUT2D eigenvalue weighted by molar-refractivity contribution is 6.29. The number of ether oxygens (including phenoxy) is 1. The van der Waals surface area contributed by atoms with E-state index in [0.717, 1.165) is 12.0 Å². The lowest BCUT2D eigenvalue weighted by atomic mass is 10.1. The molecule has 0 N–H and O–H groups in total. The molecule has 1 heterocycles. The van der Waals surface area contributed by atoms with Crippen LogP contribution in [0.4, 0.5) is 0 Å². The van der Waals surface area contributed by atoms with Crippen molar-refractivity contribution in [1.82, 2.24) is 4.98 Å². The highest BCUT2D eigenvalue weighted by Gasteiger charge is 2.21. The predicted molar refractivity (Wildman–Crippen MR) is 63.8 cm³/mol. The number of hydrogen-bond acceptors (Lipinski definition) is 3. The van der Waals surface area contributed by atoms with Crippen molar-refractivity contribution in [1.29, 1.82) is 0 Å². The summed E-state index contributed by atoms with van der Waals surface area (Å²) in [5.74, 6) is -0.424. The molecule has 0 spiro atoms. The Morgan fingerprint density at radius 1 is 1.44 bits per heavy atom. The van der Waals surface area contributed by atoms with E-state index in [1.54, 1.807) is 12.1 Å². The van der Waals surface area contributed by atoms with Crippen LogP contribution in [-0.4, -0.2) is 16.6 Å². The summed E-state index contributed by atoms with van der Waals surface area (Å²) in [5, 5.41) is 0.304. The minimum absolute atomic E-state index is 0.304. The molecule has 0 bridgehead atoms. The van der Waals surface area contributed by atoms with Crippen LogP contribution in [-0.2, 0) is 11.2 Å². The van der Waals surface area contributed by atoms with E-state index in [9.17, 15) is 4.79 Å². The SMILES string of the molecule is CCc1ccc(Cl)nc1C(=O)OC(C)(C)C. The Morgan fingerprint density at radius 2 is 2.06 bits per heavy atom. The average molecular weight is 242 g/mol. The summed E-state index contributed by atoms with van der Waals surface area (Å²) in [6, 6.07) is 3.48. The molecule has 1 aromatic rings. The van der Waals surface area contributed by atoms with Gasteiger partial charge >= 0.3 is 5.97 Å². The minimum Gasteiger partial charge on any atom is -0.455 e. The van der Waals surface area contributed by atoms with Gasteiger partial charge < -0.3 is 4.74 Å². The standard InChI is InChI=1S/C12H16ClNO2/c1-5-8-6-7-9(13)14-10(8)11(15)16-12(2,3)4/h6-7H,5H2,1-4H3. The zero-order valence-electron chi connectivity index (χ0n) is 10.0. The van der Waals surface area contributed by atoms with Gasteiger partial charge in [-0.3, -0.25) is 0 Å². The van der Waals surface area contributed by atoms with Gasteiger partial charge in [-0.1, -0.05) is 24.6 Å². The van der Waals surface area contributed by atoms with E-state index in [4.69, 9.17) is 16.3 Å². The third-order valence-corrected chi connectivity index (χ3v) is 2.13. The summed E-state index contributed by atoms with van der Waals surface area (Å²) >= 11 is 5.77. The maximum Gasteiger partial charge on any atom is 0.357 e. The fraction of sp³-hybridized carbons (Fsp3) is 0.500. The van der Waals surface area contributed by atoms with Gasteiger partial charge in [0, 0.05) is 0 Å². The van der Waals surface area contributed by atoms with Gasteiger partial charge in [0.15, 0.2) is 5.69 Å². The highest BCUT2D eigenvalue weighted by atomic mass is 35.5. The fourth-order valence-corrected chi connectivity index (χ4v) is 1.40. The second kappa shape index (κ2) is 4.83. The minimum atomic E-state index is -0.522. The summed E-state index contributed by atoms with van der Waals surface area (Å²) in [4.78, 5) is 15.9. The van der Waals surface area contributed by atoms with Crippen molar-refractivity contribution < 1.29 is 9.53 Å². The van der Waals surface area contributed by atoms with E-state index in [1.807, 2.05) is 27.7 Å². The number of pyridine rings is 1. The molecule has 1 rings (SSSR count). The summed E-state index contributed by atoms with van der Waals surface area (Å²) in [6.45, 7) is 7.42. The first-order chi connectivity index (χ1) is 7.33. The molecule has 3 nitrogen and oxygen atoms in total. The fourth-order valence-electron chi connectivity index (χ4n) is 1.25. The lowest BCUT2D eigenvalue weighted by molar-refractivity contribution is 0.00616. The van der Waals surface area contributed by atoms with Crippen molar-refractivity contribution in [2.45, 2.75) is 39.7 Å². The summed E-state index contributed by atoms with van der Waals surface area (Å²) in [6.07, 6.45) is 0.721. The zero-order chi connectivity index (χ0) is 12.3. The van der Waals surface area contributed by atoms with Crippen LogP contribution in [0.15, 0.2) is 12.1 Å². The third-order valence-electron chi connectivity index (χ3n) is 1.92. The van der Waals surface area contributed by atoms with Crippen LogP contribution in [0, 0.1) is 0 Å². The van der Waals surface area contributed by atoms with Gasteiger partial charge in [-0.2, -0.15) is 0 Å². The summed E-state index contributed by atoms with van der Waals surface area (Å²) < 4.78 is 5.26. The van der Waals surface area contributed by atoms with Crippen molar-refractivity contribution >= 4 is 17.6 Å². The number of aromatic nitrogens is 1. The van der Waals surface area contributed by atoms with Gasteiger partial charge in [-0.05, 0) is 38.8 Å². The molecule has 0 amide bonds. The van der Waals surface area contributed by atoms with E-state index in [-0.39, 0.29) is 0 Å². The van der Waals surface area contributed by atoms with Crippen molar-refractivity contribution in [2.24, 2.45) is 0 Å². The molecule has 0 saturated heterocycles. The van der Waals surface area contributed by atoms with Crippen LogP contribution in [0.2, 0.25) is 5.15 Å². The molecule has 0 unspecified atom stereocenters. The summed E-state index contributed by atoms with van der Waals surface area (Å²) in [5.41, 5.74) is 0.634. The first-order valence-electron chi connectivity index (χ1n) is 5.22. The van der Waals surface area contributed by atoms with E-state index in [1.165, 1.54) is 0 Å². The van der Waals surface area contributed by atoms with Crippen molar-refractivity contribution in [3.05, 3.63) is 28.5 Å². The first kappa shape index (κ1) is 13.0. The maximum atomic E-state index is 11.8. The van der Waals surface area contributed by atoms with Gasteiger partial charge in [0.1, 0.15) is 10.8 Å². The number of aryl methyl sites for hydroxylation is 1. The Labute approximate surface area is 101 Å². The number of nitrogens with zero attached hydrogens (tertiary/aromatic N) is 1. The topological polar surface area (TPSA) is 39.2 Å². The number of hydrogen-bond donors (Lipinski definition) is 0. The third kappa shape index (κ3) is 3.49. The zero-order valence-corrected chi connectivity index (χ0v) is 10.8. The Morgan fingerprint density at radius 3 is 2.56 bits per heavy atom. The van der Waals surface area contributed by atoms with Crippen LogP contribution in [0.5, 0.6) is 0 Å². The molecule has 0 aliphatic rings. The van der Waals surface area contributed by atoms with Gasteiger partial charge in [-0.15, -0.1) is 0 Å². The van der Waals surface area contributed by atoms with Crippen LogP contribution in [0.1, 0.15) is 43.7 Å². The Balaban J connectivity index is 3.02. The van der Waals surface area contributed by atoms with Crippen molar-refractivity contribution in [3.8, 4) is 0 Å². The van der Waals surface area contributed by atoms with E-state index in [2.05, 4.69) is 4.98 Å². The number of carbonyl (C=O) groups excluding carboxylic acids is 1. The first-order valence-corrected chi connectivity index (χ1v) is 5.60. The van der Waals surface area contributed by atoms with Gasteiger partial charge in [0.05, 0.1) is 0 Å². The second-order valence-electron chi connectivity index (χ2n) is 4.50. The molecular weight excluding hydrogens is 226 g/mol. The molecular formula is C12H16ClNO2. The molecule has 16 heavy (non-hydrogen) atoms. The van der Waals surface area contributed by atoms with E-state index in [0.29, 0.717) is 10.8 Å². The van der Waals surface area contributed by atoms with Gasteiger partial charge in [-0.25, -0.2) is 9.78 Å². The Kier molecular flexibility index (Phi) is 3.92. The van der Waals surface area contributed by atoms with E-state index >= 15 is 0 Å². The molecule has 0 fully saturated rings. The molecule has 4 heteroatoms. The Bertz CT molecular complexity index is 396. The quantitative estimate of drug-likeness (QED) is 0.589. The lowest BCUT2D eigenvalue weighted by Gasteiger charge is -2.19. The monoisotopic (exact) mass is 241 g/mol. The number of carbonyl (C=O) groups is 1.